The highest BCUT2D eigenvalue weighted by atomic mass is 16.5. The van der Waals surface area contributed by atoms with Gasteiger partial charge in [0.05, 0.1) is 19.3 Å². The lowest BCUT2D eigenvalue weighted by Gasteiger charge is -2.63. The smallest absolute Gasteiger partial charge is 0.305 e. The molecule has 29 heavy (non-hydrogen) atoms. The number of carbonyl (C=O) groups is 1. The third-order valence-electron chi connectivity index (χ3n) is 10.5. The molecule has 0 aromatic heterocycles. The lowest BCUT2D eigenvalue weighted by molar-refractivity contribution is -0.201. The molecule has 0 saturated heterocycles. The second-order valence-electron chi connectivity index (χ2n) is 11.4. The molecule has 4 rings (SSSR count). The highest BCUT2D eigenvalue weighted by molar-refractivity contribution is 5.69. The van der Waals surface area contributed by atoms with E-state index in [4.69, 9.17) is 4.74 Å². The molecule has 0 aliphatic heterocycles. The van der Waals surface area contributed by atoms with Gasteiger partial charge in [0, 0.05) is 6.42 Å². The Bertz CT molecular complexity index is 620. The maximum atomic E-state index is 11.7. The SMILES string of the molecule is COC(=O)CC[C@@H](C)[C@H]1CC[C@H]2[C@@H]3[C@@H](O)C[C@@H]4CCCC[C@]4(C)[C@H]3C[C@H](O)[C@]12C. The second kappa shape index (κ2) is 7.82. The first-order valence-electron chi connectivity index (χ1n) is 12.2. The average Bonchev–Trinajstić information content (AvgIpc) is 3.05. The van der Waals surface area contributed by atoms with Gasteiger partial charge < -0.3 is 14.9 Å². The summed E-state index contributed by atoms with van der Waals surface area (Å²) in [5.41, 5.74) is 0.147. The number of aliphatic hydroxyl groups is 2. The molecule has 4 saturated carbocycles. The normalized spacial score (nSPS) is 50.2. The van der Waals surface area contributed by atoms with Crippen molar-refractivity contribution in [2.24, 2.45) is 46.3 Å². The van der Waals surface area contributed by atoms with Crippen LogP contribution in [0.15, 0.2) is 0 Å². The summed E-state index contributed by atoms with van der Waals surface area (Å²) >= 11 is 0. The van der Waals surface area contributed by atoms with Crippen molar-refractivity contribution in [1.29, 1.82) is 0 Å². The molecule has 0 aromatic rings. The van der Waals surface area contributed by atoms with E-state index in [2.05, 4.69) is 20.8 Å². The first-order valence-corrected chi connectivity index (χ1v) is 12.2. The molecule has 0 amide bonds. The average molecular weight is 407 g/mol. The molecule has 2 N–H and O–H groups in total. The summed E-state index contributed by atoms with van der Waals surface area (Å²) in [4.78, 5) is 11.7. The minimum absolute atomic E-state index is 0.139. The summed E-state index contributed by atoms with van der Waals surface area (Å²) in [5, 5.41) is 22.8. The van der Waals surface area contributed by atoms with Crippen LogP contribution in [0.25, 0.3) is 0 Å². The number of fused-ring (bicyclic) bond motifs is 5. The van der Waals surface area contributed by atoms with Crippen LogP contribution >= 0.6 is 0 Å². The van der Waals surface area contributed by atoms with Gasteiger partial charge in [-0.25, -0.2) is 0 Å². The van der Waals surface area contributed by atoms with E-state index in [1.165, 1.54) is 32.8 Å². The van der Waals surface area contributed by atoms with Gasteiger partial charge in [0.15, 0.2) is 0 Å². The number of hydrogen-bond acceptors (Lipinski definition) is 4. The van der Waals surface area contributed by atoms with E-state index in [1.807, 2.05) is 0 Å². The zero-order chi connectivity index (χ0) is 21.0. The lowest BCUT2D eigenvalue weighted by Crippen LogP contribution is -2.61. The minimum Gasteiger partial charge on any atom is -0.469 e. The van der Waals surface area contributed by atoms with E-state index in [9.17, 15) is 15.0 Å². The summed E-state index contributed by atoms with van der Waals surface area (Å²) < 4.78 is 4.84. The predicted octanol–water partition coefficient (Wildman–Crippen LogP) is 4.57. The summed E-state index contributed by atoms with van der Waals surface area (Å²) in [6.45, 7) is 7.02. The van der Waals surface area contributed by atoms with Crippen molar-refractivity contribution in [3.63, 3.8) is 0 Å². The number of carbonyl (C=O) groups excluding carboxylic acids is 1. The van der Waals surface area contributed by atoms with Gasteiger partial charge in [-0.15, -0.1) is 0 Å². The Morgan fingerprint density at radius 1 is 1.10 bits per heavy atom. The molecule has 0 spiro atoms. The van der Waals surface area contributed by atoms with E-state index in [0.29, 0.717) is 47.3 Å². The van der Waals surface area contributed by atoms with Crippen LogP contribution in [0.1, 0.15) is 85.0 Å². The van der Waals surface area contributed by atoms with Crippen molar-refractivity contribution in [2.45, 2.75) is 97.2 Å². The fourth-order valence-corrected chi connectivity index (χ4v) is 8.84. The third-order valence-corrected chi connectivity index (χ3v) is 10.5. The van der Waals surface area contributed by atoms with Crippen LogP contribution in [0.4, 0.5) is 0 Å². The maximum absolute atomic E-state index is 11.7. The number of aliphatic hydroxyl groups excluding tert-OH is 2. The van der Waals surface area contributed by atoms with Gasteiger partial charge in [-0.2, -0.15) is 0 Å². The van der Waals surface area contributed by atoms with E-state index < -0.39 is 0 Å². The van der Waals surface area contributed by atoms with Crippen LogP contribution < -0.4 is 0 Å². The summed E-state index contributed by atoms with van der Waals surface area (Å²) in [5.74, 6) is 2.47. The Balaban J connectivity index is 1.58. The molecule has 4 heteroatoms. The number of hydrogen-bond donors (Lipinski definition) is 2. The van der Waals surface area contributed by atoms with Gasteiger partial charge in [0.1, 0.15) is 0 Å². The third kappa shape index (κ3) is 3.28. The first-order chi connectivity index (χ1) is 13.7. The van der Waals surface area contributed by atoms with Gasteiger partial charge in [-0.1, -0.05) is 33.6 Å². The quantitative estimate of drug-likeness (QED) is 0.671. The predicted molar refractivity (Wildman–Crippen MR) is 113 cm³/mol. The van der Waals surface area contributed by atoms with Crippen molar-refractivity contribution in [3.05, 3.63) is 0 Å². The van der Waals surface area contributed by atoms with Crippen molar-refractivity contribution in [3.8, 4) is 0 Å². The molecule has 0 heterocycles. The summed E-state index contributed by atoms with van der Waals surface area (Å²) in [6, 6.07) is 0. The molecule has 0 radical (unpaired) electrons. The second-order valence-corrected chi connectivity index (χ2v) is 11.4. The van der Waals surface area contributed by atoms with Crippen molar-refractivity contribution < 1.29 is 19.7 Å². The standard InChI is InChI=1S/C25H42O4/c1-15(8-11-22(28)29-4)17-9-10-18-23-19(14-21(27)25(17,18)3)24(2)12-6-5-7-16(24)13-20(23)26/h15-21,23,26-27H,5-14H2,1-4H3/t15-,16+,17-,18+,19+,20+,21+,23+,24+,25-/m1/s1. The topological polar surface area (TPSA) is 66.8 Å². The fourth-order valence-electron chi connectivity index (χ4n) is 8.84. The zero-order valence-corrected chi connectivity index (χ0v) is 18.9. The molecule has 0 unspecified atom stereocenters. The molecule has 4 nitrogen and oxygen atoms in total. The zero-order valence-electron chi connectivity index (χ0n) is 18.9. The molecule has 4 fully saturated rings. The molecule has 10 atom stereocenters. The Morgan fingerprint density at radius 3 is 2.59 bits per heavy atom. The van der Waals surface area contributed by atoms with Crippen LogP contribution in [0.5, 0.6) is 0 Å². The minimum atomic E-state index is -0.300. The van der Waals surface area contributed by atoms with Crippen LogP contribution in [0.3, 0.4) is 0 Å². The highest BCUT2D eigenvalue weighted by Gasteiger charge is 2.65. The highest BCUT2D eigenvalue weighted by Crippen LogP contribution is 2.68. The van der Waals surface area contributed by atoms with Crippen molar-refractivity contribution in [2.75, 3.05) is 7.11 Å². The van der Waals surface area contributed by atoms with Gasteiger partial charge in [0.25, 0.3) is 0 Å². The Labute approximate surface area is 176 Å². The van der Waals surface area contributed by atoms with Gasteiger partial charge >= 0.3 is 5.97 Å². The summed E-state index contributed by atoms with van der Waals surface area (Å²) in [6.07, 6.45) is 9.92. The van der Waals surface area contributed by atoms with Gasteiger partial charge in [0.2, 0.25) is 0 Å². The molecule has 0 aromatic carbocycles. The Hall–Kier alpha value is -0.610. The molecule has 0 bridgehead atoms. The maximum Gasteiger partial charge on any atom is 0.305 e. The molecule has 4 aliphatic rings. The van der Waals surface area contributed by atoms with Crippen LogP contribution in [-0.4, -0.2) is 35.5 Å². The van der Waals surface area contributed by atoms with E-state index >= 15 is 0 Å². The van der Waals surface area contributed by atoms with Crippen LogP contribution in [0.2, 0.25) is 0 Å². The number of ether oxygens (including phenoxy) is 1. The number of esters is 1. The molecule has 166 valence electrons. The summed E-state index contributed by atoms with van der Waals surface area (Å²) in [7, 11) is 1.45. The van der Waals surface area contributed by atoms with Crippen molar-refractivity contribution in [1.82, 2.24) is 0 Å². The largest absolute Gasteiger partial charge is 0.469 e. The van der Waals surface area contributed by atoms with E-state index in [-0.39, 0.29) is 23.6 Å². The molecular formula is C25H42O4. The first kappa shape index (κ1) is 21.6. The number of rotatable bonds is 4. The number of methoxy groups -OCH3 is 1. The van der Waals surface area contributed by atoms with Gasteiger partial charge in [-0.3, -0.25) is 4.79 Å². The van der Waals surface area contributed by atoms with Crippen LogP contribution in [-0.2, 0) is 9.53 Å². The van der Waals surface area contributed by atoms with E-state index in [0.717, 1.165) is 32.1 Å². The monoisotopic (exact) mass is 406 g/mol. The fraction of sp³-hybridized carbons (Fsp3) is 0.960. The molecule has 4 aliphatic carbocycles. The lowest BCUT2D eigenvalue weighted by atomic mass is 9.43. The Kier molecular flexibility index (Phi) is 5.83. The van der Waals surface area contributed by atoms with Crippen LogP contribution in [0, 0.1) is 46.3 Å². The van der Waals surface area contributed by atoms with Crippen molar-refractivity contribution >= 4 is 5.97 Å². The van der Waals surface area contributed by atoms with Gasteiger partial charge in [-0.05, 0) is 91.3 Å². The van der Waals surface area contributed by atoms with E-state index in [1.54, 1.807) is 0 Å². The molecular weight excluding hydrogens is 364 g/mol. The Morgan fingerprint density at radius 2 is 1.86 bits per heavy atom.